The van der Waals surface area contributed by atoms with Gasteiger partial charge in [0.15, 0.2) is 5.69 Å². The molecule has 0 aromatic heterocycles. The number of ether oxygens (including phenoxy) is 1. The van der Waals surface area contributed by atoms with E-state index < -0.39 is 7.12 Å². The summed E-state index contributed by atoms with van der Waals surface area (Å²) in [5.41, 5.74) is 4.73. The molecule has 3 aromatic rings. The zero-order valence-corrected chi connectivity index (χ0v) is 15.3. The molecule has 2 N–H and O–H groups in total. The van der Waals surface area contributed by atoms with Gasteiger partial charge in [-0.3, -0.25) is 0 Å². The first-order valence-corrected chi connectivity index (χ1v) is 9.08. The maximum absolute atomic E-state index is 9.68. The minimum Gasteiger partial charge on any atom is -0.457 e. The van der Waals surface area contributed by atoms with Gasteiger partial charge in [-0.05, 0) is 46.4 Å². The average Bonchev–Trinajstić information content (AvgIpc) is 3.10. The van der Waals surface area contributed by atoms with E-state index in [1.165, 1.54) is 0 Å². The maximum Gasteiger partial charge on any atom is 0.491 e. The first-order chi connectivity index (χ1) is 13.7. The molecule has 1 aliphatic rings. The normalized spacial score (nSPS) is 12.5. The number of rotatable bonds is 6. The van der Waals surface area contributed by atoms with Crippen molar-refractivity contribution in [3.05, 3.63) is 94.8 Å². The Kier molecular flexibility index (Phi) is 5.40. The van der Waals surface area contributed by atoms with E-state index in [2.05, 4.69) is 10.2 Å². The summed E-state index contributed by atoms with van der Waals surface area (Å²) in [6.07, 6.45) is 0. The molecule has 3 aromatic carbocycles. The Morgan fingerprint density at radius 2 is 1.61 bits per heavy atom. The molecule has 0 unspecified atom stereocenters. The first kappa shape index (κ1) is 18.3. The Morgan fingerprint density at radius 3 is 2.29 bits per heavy atom. The lowest BCUT2D eigenvalue weighted by molar-refractivity contribution is 0.275. The second-order valence-electron chi connectivity index (χ2n) is 6.65. The second-order valence-corrected chi connectivity index (χ2v) is 6.65. The number of nitrogens with zero attached hydrogens (tertiary/aromatic N) is 1. The summed E-state index contributed by atoms with van der Waals surface area (Å²) in [7, 11) is -0.832. The van der Waals surface area contributed by atoms with Gasteiger partial charge in [-0.1, -0.05) is 42.5 Å². The lowest BCUT2D eigenvalue weighted by Crippen LogP contribution is -2.27. The SMILES string of the molecule is [C-]#[N+]c1ccc(CNCc2ccc(Oc3ccc4c(c3)COB4O)cc2)cc1. The van der Waals surface area contributed by atoms with Crippen LogP contribution >= 0.6 is 0 Å². The molecule has 28 heavy (non-hydrogen) atoms. The summed E-state index contributed by atoms with van der Waals surface area (Å²) < 4.78 is 11.1. The van der Waals surface area contributed by atoms with Crippen LogP contribution in [0.15, 0.2) is 66.7 Å². The van der Waals surface area contributed by atoms with Gasteiger partial charge in [0.1, 0.15) is 11.5 Å². The third-order valence-corrected chi connectivity index (χ3v) is 4.66. The zero-order chi connectivity index (χ0) is 19.3. The Labute approximate surface area is 164 Å². The molecule has 0 atom stereocenters. The van der Waals surface area contributed by atoms with E-state index in [4.69, 9.17) is 16.0 Å². The minimum absolute atomic E-state index is 0.402. The fourth-order valence-electron chi connectivity index (χ4n) is 3.12. The van der Waals surface area contributed by atoms with Crippen LogP contribution in [0, 0.1) is 6.57 Å². The van der Waals surface area contributed by atoms with E-state index in [0.29, 0.717) is 12.3 Å². The van der Waals surface area contributed by atoms with Crippen LogP contribution in [0.1, 0.15) is 16.7 Å². The molecule has 0 bridgehead atoms. The smallest absolute Gasteiger partial charge is 0.457 e. The van der Waals surface area contributed by atoms with Gasteiger partial charge in [-0.25, -0.2) is 4.85 Å². The maximum atomic E-state index is 9.68. The van der Waals surface area contributed by atoms with Crippen molar-refractivity contribution in [3.8, 4) is 11.5 Å². The van der Waals surface area contributed by atoms with Crippen molar-refractivity contribution >= 4 is 18.3 Å². The Morgan fingerprint density at radius 1 is 0.964 bits per heavy atom. The second kappa shape index (κ2) is 8.28. The summed E-state index contributed by atoms with van der Waals surface area (Å²) in [5.74, 6) is 1.49. The molecular weight excluding hydrogens is 351 g/mol. The van der Waals surface area contributed by atoms with Gasteiger partial charge in [-0.15, -0.1) is 0 Å². The fraction of sp³-hybridized carbons (Fsp3) is 0.136. The molecule has 1 aliphatic heterocycles. The molecule has 0 saturated heterocycles. The van der Waals surface area contributed by atoms with Crippen LogP contribution in [-0.4, -0.2) is 12.1 Å². The number of hydrogen-bond acceptors (Lipinski definition) is 4. The zero-order valence-electron chi connectivity index (χ0n) is 15.3. The van der Waals surface area contributed by atoms with Gasteiger partial charge in [0.2, 0.25) is 0 Å². The summed E-state index contributed by atoms with van der Waals surface area (Å²) in [6, 6.07) is 21.1. The molecule has 0 radical (unpaired) electrons. The van der Waals surface area contributed by atoms with Crippen LogP contribution in [0.2, 0.25) is 0 Å². The molecule has 0 amide bonds. The van der Waals surface area contributed by atoms with Crippen molar-refractivity contribution in [2.24, 2.45) is 0 Å². The minimum atomic E-state index is -0.832. The van der Waals surface area contributed by atoms with Gasteiger partial charge in [0.25, 0.3) is 0 Å². The van der Waals surface area contributed by atoms with Gasteiger partial charge in [0.05, 0.1) is 13.2 Å². The predicted octanol–water partition coefficient (Wildman–Crippen LogP) is 3.54. The highest BCUT2D eigenvalue weighted by molar-refractivity contribution is 6.61. The first-order valence-electron chi connectivity index (χ1n) is 9.08. The van der Waals surface area contributed by atoms with Gasteiger partial charge in [0, 0.05) is 13.1 Å². The summed E-state index contributed by atoms with van der Waals surface area (Å²) in [4.78, 5) is 3.40. The van der Waals surface area contributed by atoms with E-state index in [-0.39, 0.29) is 0 Å². The molecule has 1 heterocycles. The topological polar surface area (TPSA) is 55.1 Å². The van der Waals surface area contributed by atoms with Crippen LogP contribution in [0.5, 0.6) is 11.5 Å². The monoisotopic (exact) mass is 370 g/mol. The molecule has 0 aliphatic carbocycles. The molecule has 5 nitrogen and oxygen atoms in total. The highest BCUT2D eigenvalue weighted by Crippen LogP contribution is 2.24. The van der Waals surface area contributed by atoms with Crippen LogP contribution in [0.3, 0.4) is 0 Å². The van der Waals surface area contributed by atoms with E-state index in [9.17, 15) is 5.02 Å². The fourth-order valence-corrected chi connectivity index (χ4v) is 3.12. The van der Waals surface area contributed by atoms with Gasteiger partial charge in [-0.2, -0.15) is 0 Å². The van der Waals surface area contributed by atoms with Crippen molar-refractivity contribution in [2.75, 3.05) is 0 Å². The largest absolute Gasteiger partial charge is 0.491 e. The number of nitrogens with one attached hydrogen (secondary N) is 1. The Hall–Kier alpha value is -3.11. The molecular formula is C22H19BN2O3. The average molecular weight is 370 g/mol. The summed E-state index contributed by atoms with van der Waals surface area (Å²) in [5, 5.41) is 13.1. The highest BCUT2D eigenvalue weighted by atomic mass is 16.5. The van der Waals surface area contributed by atoms with Crippen LogP contribution in [0.4, 0.5) is 5.69 Å². The number of fused-ring (bicyclic) bond motifs is 1. The van der Waals surface area contributed by atoms with E-state index in [0.717, 1.165) is 46.7 Å². The highest BCUT2D eigenvalue weighted by Gasteiger charge is 2.27. The number of hydrogen-bond donors (Lipinski definition) is 2. The van der Waals surface area contributed by atoms with Crippen LogP contribution in [0.25, 0.3) is 4.85 Å². The van der Waals surface area contributed by atoms with Crippen LogP contribution in [-0.2, 0) is 24.4 Å². The molecule has 138 valence electrons. The lowest BCUT2D eigenvalue weighted by Gasteiger charge is -2.09. The van der Waals surface area contributed by atoms with Crippen molar-refractivity contribution in [3.63, 3.8) is 0 Å². The van der Waals surface area contributed by atoms with Crippen LogP contribution < -0.4 is 15.5 Å². The lowest BCUT2D eigenvalue weighted by atomic mass is 9.80. The predicted molar refractivity (Wildman–Crippen MR) is 109 cm³/mol. The Balaban J connectivity index is 1.30. The molecule has 0 fully saturated rings. The molecule has 4 rings (SSSR count). The quantitative estimate of drug-likeness (QED) is 0.515. The van der Waals surface area contributed by atoms with Crippen molar-refractivity contribution in [1.82, 2.24) is 5.32 Å². The summed E-state index contributed by atoms with van der Waals surface area (Å²) in [6.45, 7) is 8.88. The van der Waals surface area contributed by atoms with Crippen molar-refractivity contribution in [2.45, 2.75) is 19.7 Å². The van der Waals surface area contributed by atoms with E-state index in [1.807, 2.05) is 66.7 Å². The molecule has 6 heteroatoms. The number of benzene rings is 3. The standard InChI is InChI=1S/C22H19BN2O3/c1-24-19-6-2-16(3-7-19)13-25-14-17-4-8-20(9-5-17)28-21-10-11-22-18(12-21)15-27-23(22)26/h2-12,25-26H,13-15H2. The van der Waals surface area contributed by atoms with Crippen molar-refractivity contribution < 1.29 is 14.4 Å². The molecule has 0 saturated carbocycles. The third-order valence-electron chi connectivity index (χ3n) is 4.66. The Bertz CT molecular complexity index is 998. The van der Waals surface area contributed by atoms with E-state index >= 15 is 0 Å². The van der Waals surface area contributed by atoms with Gasteiger partial charge < -0.3 is 19.7 Å². The third kappa shape index (κ3) is 4.24. The van der Waals surface area contributed by atoms with E-state index in [1.54, 1.807) is 0 Å². The summed E-state index contributed by atoms with van der Waals surface area (Å²) >= 11 is 0. The molecule has 0 spiro atoms. The van der Waals surface area contributed by atoms with Crippen molar-refractivity contribution in [1.29, 1.82) is 0 Å². The van der Waals surface area contributed by atoms with Gasteiger partial charge >= 0.3 is 7.12 Å².